The van der Waals surface area contributed by atoms with Crippen LogP contribution in [-0.2, 0) is 5.54 Å². The van der Waals surface area contributed by atoms with E-state index in [-0.39, 0.29) is 5.54 Å². The number of hydrogen-bond acceptors (Lipinski definition) is 6. The van der Waals surface area contributed by atoms with E-state index in [0.717, 1.165) is 48.3 Å². The molecule has 29 heavy (non-hydrogen) atoms. The van der Waals surface area contributed by atoms with Crippen molar-refractivity contribution in [3.05, 3.63) is 36.9 Å². The van der Waals surface area contributed by atoms with Crippen LogP contribution in [0.3, 0.4) is 0 Å². The van der Waals surface area contributed by atoms with Crippen molar-refractivity contribution in [2.24, 2.45) is 0 Å². The third kappa shape index (κ3) is 3.23. The number of nitrogens with one attached hydrogen (secondary N) is 1. The SMILES string of the molecule is CSN1CCC(N2CC(CC#N)(n3cc(-c4ccnc5[nH]ccc45)cn3)C2)CC1. The number of likely N-dealkylation sites (tertiary alicyclic amines) is 1. The van der Waals surface area contributed by atoms with E-state index in [0.29, 0.717) is 12.5 Å². The van der Waals surface area contributed by atoms with Gasteiger partial charge in [-0.05, 0) is 36.8 Å². The van der Waals surface area contributed by atoms with Crippen molar-refractivity contribution < 1.29 is 0 Å². The summed E-state index contributed by atoms with van der Waals surface area (Å²) in [6, 6.07) is 7.11. The molecule has 0 radical (unpaired) electrons. The lowest BCUT2D eigenvalue weighted by atomic mass is 9.84. The normalized spacial score (nSPS) is 20.6. The summed E-state index contributed by atoms with van der Waals surface area (Å²) in [4.78, 5) is 10.1. The Morgan fingerprint density at radius 2 is 2.14 bits per heavy atom. The van der Waals surface area contributed by atoms with Crippen molar-refractivity contribution in [1.29, 1.82) is 5.26 Å². The van der Waals surface area contributed by atoms with Crippen molar-refractivity contribution >= 4 is 23.0 Å². The molecule has 2 aliphatic heterocycles. The largest absolute Gasteiger partial charge is 0.346 e. The van der Waals surface area contributed by atoms with Crippen molar-refractivity contribution in [2.75, 3.05) is 32.4 Å². The molecule has 3 aromatic rings. The van der Waals surface area contributed by atoms with Gasteiger partial charge in [-0.3, -0.25) is 13.9 Å². The number of fused-ring (bicyclic) bond motifs is 1. The molecular weight excluding hydrogens is 382 g/mol. The number of hydrogen-bond donors (Lipinski definition) is 1. The maximum atomic E-state index is 9.50. The first-order valence-electron chi connectivity index (χ1n) is 10.1. The molecule has 2 aliphatic rings. The summed E-state index contributed by atoms with van der Waals surface area (Å²) in [5.41, 5.74) is 2.86. The van der Waals surface area contributed by atoms with E-state index in [1.165, 1.54) is 12.8 Å². The third-order valence-corrected chi connectivity index (χ3v) is 7.32. The highest BCUT2D eigenvalue weighted by molar-refractivity contribution is 7.96. The average Bonchev–Trinajstić information content (AvgIpc) is 3.40. The van der Waals surface area contributed by atoms with Gasteiger partial charge in [-0.15, -0.1) is 0 Å². The first kappa shape index (κ1) is 18.7. The first-order valence-corrected chi connectivity index (χ1v) is 11.3. The molecule has 0 unspecified atom stereocenters. The monoisotopic (exact) mass is 407 g/mol. The summed E-state index contributed by atoms with van der Waals surface area (Å²) in [5.74, 6) is 0. The molecule has 0 bridgehead atoms. The summed E-state index contributed by atoms with van der Waals surface area (Å²) in [6.45, 7) is 4.10. The van der Waals surface area contributed by atoms with Gasteiger partial charge in [0.25, 0.3) is 0 Å². The van der Waals surface area contributed by atoms with E-state index in [2.05, 4.69) is 37.7 Å². The average molecular weight is 408 g/mol. The molecule has 0 spiro atoms. The van der Waals surface area contributed by atoms with Gasteiger partial charge in [-0.25, -0.2) is 4.98 Å². The number of piperidine rings is 1. The molecule has 7 nitrogen and oxygen atoms in total. The van der Waals surface area contributed by atoms with Gasteiger partial charge in [-0.1, -0.05) is 11.9 Å². The van der Waals surface area contributed by atoms with Crippen LogP contribution in [0.1, 0.15) is 19.3 Å². The lowest BCUT2D eigenvalue weighted by molar-refractivity contribution is -0.0377. The highest BCUT2D eigenvalue weighted by Crippen LogP contribution is 2.37. The Kier molecular flexibility index (Phi) is 4.82. The highest BCUT2D eigenvalue weighted by Gasteiger charge is 2.48. The fourth-order valence-electron chi connectivity index (χ4n) is 4.78. The molecule has 0 amide bonds. The molecule has 0 atom stereocenters. The lowest BCUT2D eigenvalue weighted by Gasteiger charge is -2.53. The second kappa shape index (κ2) is 7.48. The van der Waals surface area contributed by atoms with Gasteiger partial charge in [0.1, 0.15) is 11.2 Å². The second-order valence-electron chi connectivity index (χ2n) is 8.08. The maximum Gasteiger partial charge on any atom is 0.137 e. The minimum atomic E-state index is -0.214. The summed E-state index contributed by atoms with van der Waals surface area (Å²) in [5, 5.41) is 15.3. The zero-order valence-corrected chi connectivity index (χ0v) is 17.4. The molecule has 0 saturated carbocycles. The maximum absolute atomic E-state index is 9.50. The molecule has 0 aromatic carbocycles. The fraction of sp³-hybridized carbons (Fsp3) is 0.476. The summed E-state index contributed by atoms with van der Waals surface area (Å²) >= 11 is 1.84. The quantitative estimate of drug-likeness (QED) is 0.655. The Balaban J connectivity index is 1.36. The number of nitrogens with zero attached hydrogens (tertiary/aromatic N) is 6. The minimum Gasteiger partial charge on any atom is -0.346 e. The minimum absolute atomic E-state index is 0.214. The number of rotatable bonds is 5. The van der Waals surface area contributed by atoms with E-state index >= 15 is 0 Å². The van der Waals surface area contributed by atoms with E-state index in [1.54, 1.807) is 0 Å². The van der Waals surface area contributed by atoms with Gasteiger partial charge in [0.15, 0.2) is 0 Å². The van der Waals surface area contributed by atoms with Gasteiger partial charge in [0.2, 0.25) is 0 Å². The van der Waals surface area contributed by atoms with E-state index in [4.69, 9.17) is 5.10 Å². The molecule has 2 saturated heterocycles. The van der Waals surface area contributed by atoms with Crippen LogP contribution in [0.2, 0.25) is 0 Å². The molecule has 5 rings (SSSR count). The lowest BCUT2D eigenvalue weighted by Crippen LogP contribution is -2.66. The molecule has 3 aromatic heterocycles. The van der Waals surface area contributed by atoms with Crippen molar-refractivity contribution in [3.8, 4) is 17.2 Å². The third-order valence-electron chi connectivity index (χ3n) is 6.44. The van der Waals surface area contributed by atoms with Crippen LogP contribution in [0.25, 0.3) is 22.2 Å². The molecule has 1 N–H and O–H groups in total. The predicted molar refractivity (Wildman–Crippen MR) is 115 cm³/mol. The van der Waals surface area contributed by atoms with Crippen LogP contribution in [0.5, 0.6) is 0 Å². The fourth-order valence-corrected chi connectivity index (χ4v) is 5.35. The Hall–Kier alpha value is -2.34. The van der Waals surface area contributed by atoms with Gasteiger partial charge >= 0.3 is 0 Å². The Morgan fingerprint density at radius 1 is 1.31 bits per heavy atom. The smallest absolute Gasteiger partial charge is 0.137 e. The predicted octanol–water partition coefficient (Wildman–Crippen LogP) is 3.09. The zero-order chi connectivity index (χ0) is 19.8. The Labute approximate surface area is 174 Å². The van der Waals surface area contributed by atoms with E-state index < -0.39 is 0 Å². The standard InChI is InChI=1S/C21H25N7S/c1-29-27-10-4-17(5-11-27)26-14-21(15-26,6-7-22)28-13-16(12-25-28)18-2-8-23-20-19(18)3-9-24-20/h2-3,8-9,12-13,17H,4-6,10-11,14-15H2,1H3,(H,23,24). The van der Waals surface area contributed by atoms with E-state index in [9.17, 15) is 5.26 Å². The summed E-state index contributed by atoms with van der Waals surface area (Å²) in [7, 11) is 0. The first-order chi connectivity index (χ1) is 14.2. The van der Waals surface area contributed by atoms with Crippen LogP contribution in [-0.4, -0.2) is 67.4 Å². The number of aromatic nitrogens is 4. The van der Waals surface area contributed by atoms with Crippen LogP contribution in [0.15, 0.2) is 36.9 Å². The van der Waals surface area contributed by atoms with Gasteiger partial charge in [0, 0.05) is 61.8 Å². The number of nitriles is 1. The zero-order valence-electron chi connectivity index (χ0n) is 16.6. The van der Waals surface area contributed by atoms with Crippen LogP contribution in [0, 0.1) is 11.3 Å². The van der Waals surface area contributed by atoms with Crippen LogP contribution in [0.4, 0.5) is 0 Å². The van der Waals surface area contributed by atoms with Gasteiger partial charge < -0.3 is 4.98 Å². The molecular formula is C21H25N7S. The van der Waals surface area contributed by atoms with Gasteiger partial charge in [-0.2, -0.15) is 10.4 Å². The topological polar surface area (TPSA) is 76.8 Å². The van der Waals surface area contributed by atoms with Crippen molar-refractivity contribution in [3.63, 3.8) is 0 Å². The number of H-pyrrole nitrogens is 1. The van der Waals surface area contributed by atoms with Crippen molar-refractivity contribution in [1.82, 2.24) is 29.0 Å². The second-order valence-corrected chi connectivity index (χ2v) is 8.96. The van der Waals surface area contributed by atoms with Crippen LogP contribution >= 0.6 is 11.9 Å². The Bertz CT molecular complexity index is 1030. The number of pyridine rings is 1. The van der Waals surface area contributed by atoms with Crippen LogP contribution < -0.4 is 0 Å². The van der Waals surface area contributed by atoms with Crippen molar-refractivity contribution in [2.45, 2.75) is 30.8 Å². The molecule has 5 heterocycles. The molecule has 8 heteroatoms. The Morgan fingerprint density at radius 3 is 2.90 bits per heavy atom. The molecule has 2 fully saturated rings. The molecule has 150 valence electrons. The summed E-state index contributed by atoms with van der Waals surface area (Å²) in [6.07, 6.45) is 12.8. The summed E-state index contributed by atoms with van der Waals surface area (Å²) < 4.78 is 4.48. The van der Waals surface area contributed by atoms with Gasteiger partial charge in [0.05, 0.1) is 18.7 Å². The highest BCUT2D eigenvalue weighted by atomic mass is 32.2. The number of aromatic amines is 1. The van der Waals surface area contributed by atoms with E-state index in [1.807, 2.05) is 47.4 Å². The molecule has 0 aliphatic carbocycles.